The molecule has 0 unspecified atom stereocenters. The molecule has 0 radical (unpaired) electrons. The normalized spacial score (nSPS) is 10.5. The summed E-state index contributed by atoms with van der Waals surface area (Å²) in [5.41, 5.74) is 1.74. The molecule has 100 valence electrons. The third kappa shape index (κ3) is 2.19. The zero-order chi connectivity index (χ0) is 14.0. The van der Waals surface area contributed by atoms with Gasteiger partial charge in [0.15, 0.2) is 5.76 Å². The summed E-state index contributed by atoms with van der Waals surface area (Å²) in [6, 6.07) is 3.56. The van der Waals surface area contributed by atoms with E-state index in [1.807, 2.05) is 11.5 Å². The number of carbonyl (C=O) groups excluding carboxylic acids is 1. The SMILES string of the molecule is C=CCn1c(C)c(C(=O)OC)c(Cl)c1-c1ccco1. The summed E-state index contributed by atoms with van der Waals surface area (Å²) in [5.74, 6) is 0.142. The minimum atomic E-state index is -0.460. The van der Waals surface area contributed by atoms with E-state index in [4.69, 9.17) is 20.8 Å². The standard InChI is InChI=1S/C14H14ClNO3/c1-4-7-16-9(2)11(14(17)18-3)12(15)13(16)10-6-5-8-19-10/h4-6,8H,1,7H2,2-3H3. The van der Waals surface area contributed by atoms with Gasteiger partial charge >= 0.3 is 5.97 Å². The number of nitrogens with zero attached hydrogens (tertiary/aromatic N) is 1. The number of furan rings is 1. The second-order valence-corrected chi connectivity index (χ2v) is 4.37. The lowest BCUT2D eigenvalue weighted by Gasteiger charge is -2.07. The average molecular weight is 280 g/mol. The monoisotopic (exact) mass is 279 g/mol. The Kier molecular flexibility index (Phi) is 3.81. The van der Waals surface area contributed by atoms with Gasteiger partial charge in [0.2, 0.25) is 0 Å². The smallest absolute Gasteiger partial charge is 0.341 e. The van der Waals surface area contributed by atoms with Crippen molar-refractivity contribution in [3.8, 4) is 11.5 Å². The van der Waals surface area contributed by atoms with Crippen LogP contribution < -0.4 is 0 Å². The lowest BCUT2D eigenvalue weighted by Crippen LogP contribution is -2.05. The van der Waals surface area contributed by atoms with Crippen LogP contribution in [-0.2, 0) is 11.3 Å². The summed E-state index contributed by atoms with van der Waals surface area (Å²) in [6.07, 6.45) is 3.29. The van der Waals surface area contributed by atoms with Crippen molar-refractivity contribution in [1.29, 1.82) is 0 Å². The number of carbonyl (C=O) groups is 1. The zero-order valence-electron chi connectivity index (χ0n) is 10.8. The van der Waals surface area contributed by atoms with E-state index in [0.717, 1.165) is 5.69 Å². The van der Waals surface area contributed by atoms with E-state index in [2.05, 4.69) is 6.58 Å². The Morgan fingerprint density at radius 1 is 1.63 bits per heavy atom. The molecule has 19 heavy (non-hydrogen) atoms. The molecule has 2 rings (SSSR count). The highest BCUT2D eigenvalue weighted by atomic mass is 35.5. The fraction of sp³-hybridized carbons (Fsp3) is 0.214. The molecule has 0 aliphatic rings. The van der Waals surface area contributed by atoms with Gasteiger partial charge in [0, 0.05) is 12.2 Å². The van der Waals surface area contributed by atoms with Gasteiger partial charge in [-0.15, -0.1) is 6.58 Å². The molecule has 2 aromatic rings. The number of halogens is 1. The van der Waals surface area contributed by atoms with Gasteiger partial charge in [-0.1, -0.05) is 17.7 Å². The summed E-state index contributed by atoms with van der Waals surface area (Å²) < 4.78 is 12.0. The van der Waals surface area contributed by atoms with Crippen molar-refractivity contribution in [3.05, 3.63) is 47.3 Å². The van der Waals surface area contributed by atoms with Crippen molar-refractivity contribution < 1.29 is 13.9 Å². The first-order chi connectivity index (χ1) is 9.11. The maximum Gasteiger partial charge on any atom is 0.341 e. The van der Waals surface area contributed by atoms with Gasteiger partial charge in [-0.2, -0.15) is 0 Å². The Morgan fingerprint density at radius 3 is 2.89 bits per heavy atom. The van der Waals surface area contributed by atoms with Crippen molar-refractivity contribution in [2.45, 2.75) is 13.5 Å². The maximum atomic E-state index is 11.8. The van der Waals surface area contributed by atoms with Crippen molar-refractivity contribution in [3.63, 3.8) is 0 Å². The first kappa shape index (κ1) is 13.5. The average Bonchev–Trinajstić information content (AvgIpc) is 2.98. The number of hydrogen-bond donors (Lipinski definition) is 0. The van der Waals surface area contributed by atoms with E-state index in [9.17, 15) is 4.79 Å². The van der Waals surface area contributed by atoms with E-state index in [1.54, 1.807) is 24.5 Å². The van der Waals surface area contributed by atoms with Crippen molar-refractivity contribution in [2.24, 2.45) is 0 Å². The molecule has 0 atom stereocenters. The van der Waals surface area contributed by atoms with Crippen LogP contribution in [0.3, 0.4) is 0 Å². The van der Waals surface area contributed by atoms with Gasteiger partial charge in [-0.05, 0) is 19.1 Å². The molecule has 5 heteroatoms. The molecule has 0 aliphatic carbocycles. The Hall–Kier alpha value is -1.94. The van der Waals surface area contributed by atoms with E-state index in [-0.39, 0.29) is 0 Å². The van der Waals surface area contributed by atoms with Gasteiger partial charge < -0.3 is 13.7 Å². The molecule has 0 saturated heterocycles. The predicted molar refractivity (Wildman–Crippen MR) is 73.4 cm³/mol. The van der Waals surface area contributed by atoms with Crippen LogP contribution in [0.5, 0.6) is 0 Å². The minimum Gasteiger partial charge on any atom is -0.465 e. The van der Waals surface area contributed by atoms with Crippen molar-refractivity contribution in [2.75, 3.05) is 7.11 Å². The molecule has 0 aliphatic heterocycles. The lowest BCUT2D eigenvalue weighted by atomic mass is 10.2. The topological polar surface area (TPSA) is 44.4 Å². The number of methoxy groups -OCH3 is 1. The zero-order valence-corrected chi connectivity index (χ0v) is 11.5. The summed E-state index contributed by atoms with van der Waals surface area (Å²) >= 11 is 6.32. The maximum absolute atomic E-state index is 11.8. The number of allylic oxidation sites excluding steroid dienone is 1. The summed E-state index contributed by atoms with van der Waals surface area (Å²) in [6.45, 7) is 6.05. The molecule has 0 N–H and O–H groups in total. The fourth-order valence-corrected chi connectivity index (χ4v) is 2.46. The van der Waals surface area contributed by atoms with Crippen LogP contribution in [0.25, 0.3) is 11.5 Å². The van der Waals surface area contributed by atoms with Crippen LogP contribution in [0.1, 0.15) is 16.1 Å². The Labute approximate surface area is 116 Å². The predicted octanol–water partition coefficient (Wildman–Crippen LogP) is 3.68. The van der Waals surface area contributed by atoms with Crippen LogP contribution in [-0.4, -0.2) is 17.6 Å². The first-order valence-corrected chi connectivity index (χ1v) is 6.11. The highest BCUT2D eigenvalue weighted by Crippen LogP contribution is 2.36. The van der Waals surface area contributed by atoms with Crippen LogP contribution in [0.4, 0.5) is 0 Å². The van der Waals surface area contributed by atoms with Gasteiger partial charge in [-0.3, -0.25) is 0 Å². The quantitative estimate of drug-likeness (QED) is 0.633. The van der Waals surface area contributed by atoms with Gasteiger partial charge in [0.1, 0.15) is 5.69 Å². The third-order valence-corrected chi connectivity index (χ3v) is 3.29. The van der Waals surface area contributed by atoms with E-state index < -0.39 is 5.97 Å². The molecule has 0 aromatic carbocycles. The van der Waals surface area contributed by atoms with E-state index in [0.29, 0.717) is 28.6 Å². The molecule has 2 aromatic heterocycles. The molecule has 0 spiro atoms. The number of rotatable bonds is 4. The number of esters is 1. The molecular formula is C14H14ClNO3. The summed E-state index contributed by atoms with van der Waals surface area (Å²) in [7, 11) is 1.33. The van der Waals surface area contributed by atoms with Gasteiger partial charge in [0.05, 0.1) is 24.0 Å². The molecular weight excluding hydrogens is 266 g/mol. The minimum absolute atomic E-state index is 0.334. The van der Waals surface area contributed by atoms with Gasteiger partial charge in [0.25, 0.3) is 0 Å². The van der Waals surface area contributed by atoms with E-state index in [1.165, 1.54) is 7.11 Å². The Bertz CT molecular complexity index is 611. The van der Waals surface area contributed by atoms with Crippen LogP contribution >= 0.6 is 11.6 Å². The number of hydrogen-bond acceptors (Lipinski definition) is 3. The molecule has 0 bridgehead atoms. The first-order valence-electron chi connectivity index (χ1n) is 5.73. The van der Waals surface area contributed by atoms with Crippen molar-refractivity contribution in [1.82, 2.24) is 4.57 Å². The Balaban J connectivity index is 2.71. The van der Waals surface area contributed by atoms with Crippen LogP contribution in [0.2, 0.25) is 5.02 Å². The number of aromatic nitrogens is 1. The van der Waals surface area contributed by atoms with Gasteiger partial charge in [-0.25, -0.2) is 4.79 Å². The molecule has 0 amide bonds. The molecule has 0 saturated carbocycles. The molecule has 0 fully saturated rings. The van der Waals surface area contributed by atoms with Crippen molar-refractivity contribution >= 4 is 17.6 Å². The fourth-order valence-electron chi connectivity index (χ4n) is 2.05. The van der Waals surface area contributed by atoms with E-state index >= 15 is 0 Å². The highest BCUT2D eigenvalue weighted by molar-refractivity contribution is 6.36. The summed E-state index contributed by atoms with van der Waals surface area (Å²) in [4.78, 5) is 11.8. The highest BCUT2D eigenvalue weighted by Gasteiger charge is 2.26. The largest absolute Gasteiger partial charge is 0.465 e. The summed E-state index contributed by atoms with van der Waals surface area (Å²) in [5, 5.41) is 0.334. The Morgan fingerprint density at radius 2 is 2.37 bits per heavy atom. The third-order valence-electron chi connectivity index (χ3n) is 2.92. The number of ether oxygens (including phenoxy) is 1. The molecule has 2 heterocycles. The lowest BCUT2D eigenvalue weighted by molar-refractivity contribution is 0.0600. The second-order valence-electron chi connectivity index (χ2n) is 3.99. The second kappa shape index (κ2) is 5.36. The van der Waals surface area contributed by atoms with Crippen LogP contribution in [0, 0.1) is 6.92 Å². The molecule has 4 nitrogen and oxygen atoms in total. The van der Waals surface area contributed by atoms with Crippen LogP contribution in [0.15, 0.2) is 35.5 Å².